The molecule has 0 aliphatic carbocycles. The van der Waals surface area contributed by atoms with Crippen molar-refractivity contribution in [2.24, 2.45) is 0 Å². The van der Waals surface area contributed by atoms with Gasteiger partial charge in [-0.1, -0.05) is 27.2 Å². The van der Waals surface area contributed by atoms with E-state index in [-0.39, 0.29) is 0 Å². The molecule has 0 spiro atoms. The molecule has 1 rings (SSSR count). The van der Waals surface area contributed by atoms with Crippen LogP contribution < -0.4 is 14.8 Å². The second-order valence-corrected chi connectivity index (χ2v) is 5.24. The highest BCUT2D eigenvalue weighted by molar-refractivity contribution is 5.72. The molecule has 0 saturated heterocycles. The molecule has 0 radical (unpaired) electrons. The number of carbonyl (C=O) groups is 1. The zero-order valence-corrected chi connectivity index (χ0v) is 13.2. The number of benzene rings is 1. The van der Waals surface area contributed by atoms with E-state index in [1.807, 2.05) is 13.0 Å². The number of carboxylic acid groups (broad SMARTS) is 1. The van der Waals surface area contributed by atoms with Crippen molar-refractivity contribution < 1.29 is 19.4 Å². The summed E-state index contributed by atoms with van der Waals surface area (Å²) >= 11 is 0. The van der Waals surface area contributed by atoms with Crippen molar-refractivity contribution in [2.45, 2.75) is 52.3 Å². The molecule has 1 aromatic carbocycles. The number of ether oxygens (including phenoxy) is 2. The van der Waals surface area contributed by atoms with E-state index < -0.39 is 12.1 Å². The minimum atomic E-state index is -0.935. The van der Waals surface area contributed by atoms with Crippen LogP contribution in [0.1, 0.15) is 39.2 Å². The standard InChI is InChI=1S/C16H25NO4/c1-5-6-15(16(18)19)21-14-8-7-13(20-4)9-12(14)10-17-11(2)3/h7-9,11,15,17H,5-6,10H2,1-4H3,(H,18,19). The van der Waals surface area contributed by atoms with E-state index in [0.29, 0.717) is 24.8 Å². The van der Waals surface area contributed by atoms with Crippen molar-refractivity contribution in [1.29, 1.82) is 0 Å². The minimum Gasteiger partial charge on any atom is -0.497 e. The van der Waals surface area contributed by atoms with Gasteiger partial charge in [0, 0.05) is 18.2 Å². The second kappa shape index (κ2) is 8.52. The highest BCUT2D eigenvalue weighted by atomic mass is 16.5. The molecule has 0 aromatic heterocycles. The first-order chi connectivity index (χ1) is 9.97. The van der Waals surface area contributed by atoms with Crippen molar-refractivity contribution in [2.75, 3.05) is 7.11 Å². The zero-order valence-electron chi connectivity index (χ0n) is 13.2. The van der Waals surface area contributed by atoms with Crippen molar-refractivity contribution in [3.63, 3.8) is 0 Å². The lowest BCUT2D eigenvalue weighted by Gasteiger charge is -2.19. The summed E-state index contributed by atoms with van der Waals surface area (Å²) in [4.78, 5) is 11.2. The SMILES string of the molecule is CCCC(Oc1ccc(OC)cc1CNC(C)C)C(=O)O. The van der Waals surface area contributed by atoms with Crippen LogP contribution in [-0.4, -0.2) is 30.3 Å². The maximum Gasteiger partial charge on any atom is 0.344 e. The maximum absolute atomic E-state index is 11.2. The molecule has 118 valence electrons. The Morgan fingerprint density at radius 3 is 2.62 bits per heavy atom. The molecule has 0 amide bonds. The predicted molar refractivity (Wildman–Crippen MR) is 81.9 cm³/mol. The van der Waals surface area contributed by atoms with Gasteiger partial charge in [0.15, 0.2) is 6.10 Å². The minimum absolute atomic E-state index is 0.329. The van der Waals surface area contributed by atoms with Gasteiger partial charge >= 0.3 is 5.97 Å². The summed E-state index contributed by atoms with van der Waals surface area (Å²) in [5.41, 5.74) is 0.894. The Balaban J connectivity index is 2.94. The van der Waals surface area contributed by atoms with Gasteiger partial charge in [-0.15, -0.1) is 0 Å². The molecular formula is C16H25NO4. The van der Waals surface area contributed by atoms with Crippen molar-refractivity contribution in [3.05, 3.63) is 23.8 Å². The molecule has 0 saturated carbocycles. The lowest BCUT2D eigenvalue weighted by molar-refractivity contribution is -0.145. The first-order valence-corrected chi connectivity index (χ1v) is 7.27. The summed E-state index contributed by atoms with van der Waals surface area (Å²) in [6.07, 6.45) is 0.423. The molecule has 0 heterocycles. The van der Waals surface area contributed by atoms with E-state index in [9.17, 15) is 9.90 Å². The Bertz CT molecular complexity index is 460. The number of aliphatic carboxylic acids is 1. The van der Waals surface area contributed by atoms with Crippen LogP contribution in [0.25, 0.3) is 0 Å². The summed E-state index contributed by atoms with van der Waals surface area (Å²) in [5.74, 6) is 0.380. The lowest BCUT2D eigenvalue weighted by atomic mass is 10.1. The summed E-state index contributed by atoms with van der Waals surface area (Å²) in [6.45, 7) is 6.65. The van der Waals surface area contributed by atoms with Gasteiger partial charge in [0.1, 0.15) is 11.5 Å². The van der Waals surface area contributed by atoms with Crippen LogP contribution in [0.2, 0.25) is 0 Å². The average molecular weight is 295 g/mol. The fraction of sp³-hybridized carbons (Fsp3) is 0.562. The fourth-order valence-electron chi connectivity index (χ4n) is 1.90. The molecule has 5 nitrogen and oxygen atoms in total. The number of methoxy groups -OCH3 is 1. The van der Waals surface area contributed by atoms with Crippen molar-refractivity contribution in [3.8, 4) is 11.5 Å². The van der Waals surface area contributed by atoms with E-state index >= 15 is 0 Å². The lowest BCUT2D eigenvalue weighted by Crippen LogP contribution is -2.28. The van der Waals surface area contributed by atoms with Crippen molar-refractivity contribution >= 4 is 5.97 Å². The number of rotatable bonds is 9. The molecule has 1 aromatic rings. The van der Waals surface area contributed by atoms with Crippen LogP contribution in [-0.2, 0) is 11.3 Å². The van der Waals surface area contributed by atoms with Crippen LogP contribution in [0, 0.1) is 0 Å². The van der Waals surface area contributed by atoms with Gasteiger partial charge in [-0.3, -0.25) is 0 Å². The van der Waals surface area contributed by atoms with Gasteiger partial charge in [0.25, 0.3) is 0 Å². The Hall–Kier alpha value is -1.75. The van der Waals surface area contributed by atoms with Crippen LogP contribution in [0.5, 0.6) is 11.5 Å². The third kappa shape index (κ3) is 5.63. The maximum atomic E-state index is 11.2. The van der Waals surface area contributed by atoms with E-state index in [0.717, 1.165) is 17.7 Å². The summed E-state index contributed by atoms with van der Waals surface area (Å²) < 4.78 is 10.9. The van der Waals surface area contributed by atoms with Crippen LogP contribution in [0.4, 0.5) is 0 Å². The Kier molecular flexibility index (Phi) is 7.02. The van der Waals surface area contributed by atoms with Gasteiger partial charge in [-0.05, 0) is 24.6 Å². The Morgan fingerprint density at radius 1 is 1.38 bits per heavy atom. The van der Waals surface area contributed by atoms with E-state index in [2.05, 4.69) is 19.2 Å². The van der Waals surface area contributed by atoms with E-state index in [1.54, 1.807) is 19.2 Å². The third-order valence-corrected chi connectivity index (χ3v) is 3.06. The van der Waals surface area contributed by atoms with Gasteiger partial charge in [-0.25, -0.2) is 4.79 Å². The normalized spacial score (nSPS) is 12.2. The molecule has 0 aliphatic heterocycles. The molecule has 5 heteroatoms. The Labute approximate surface area is 126 Å². The summed E-state index contributed by atoms with van der Waals surface area (Å²) in [7, 11) is 1.60. The first kappa shape index (κ1) is 17.3. The predicted octanol–water partition coefficient (Wildman–Crippen LogP) is 2.83. The molecule has 0 bridgehead atoms. The van der Waals surface area contributed by atoms with Gasteiger partial charge in [0.2, 0.25) is 0 Å². The number of nitrogens with one attached hydrogen (secondary N) is 1. The largest absolute Gasteiger partial charge is 0.497 e. The quantitative estimate of drug-likeness (QED) is 0.733. The van der Waals surface area contributed by atoms with Gasteiger partial charge in [0.05, 0.1) is 7.11 Å². The first-order valence-electron chi connectivity index (χ1n) is 7.27. The monoisotopic (exact) mass is 295 g/mol. The van der Waals surface area contributed by atoms with Gasteiger partial charge < -0.3 is 19.9 Å². The van der Waals surface area contributed by atoms with Crippen molar-refractivity contribution in [1.82, 2.24) is 5.32 Å². The molecule has 2 N–H and O–H groups in total. The molecular weight excluding hydrogens is 270 g/mol. The third-order valence-electron chi connectivity index (χ3n) is 3.06. The van der Waals surface area contributed by atoms with Crippen LogP contribution in [0.3, 0.4) is 0 Å². The number of hydrogen-bond donors (Lipinski definition) is 2. The fourth-order valence-corrected chi connectivity index (χ4v) is 1.90. The zero-order chi connectivity index (χ0) is 15.8. The van der Waals surface area contributed by atoms with Crippen LogP contribution >= 0.6 is 0 Å². The van der Waals surface area contributed by atoms with Crippen LogP contribution in [0.15, 0.2) is 18.2 Å². The second-order valence-electron chi connectivity index (χ2n) is 5.24. The topological polar surface area (TPSA) is 67.8 Å². The molecule has 0 aliphatic rings. The van der Waals surface area contributed by atoms with Gasteiger partial charge in [-0.2, -0.15) is 0 Å². The molecule has 0 fully saturated rings. The number of carboxylic acids is 1. The molecule has 1 atom stereocenters. The molecule has 1 unspecified atom stereocenters. The Morgan fingerprint density at radius 2 is 2.10 bits per heavy atom. The molecule has 21 heavy (non-hydrogen) atoms. The van der Waals surface area contributed by atoms with E-state index in [1.165, 1.54) is 0 Å². The highest BCUT2D eigenvalue weighted by Crippen LogP contribution is 2.26. The van der Waals surface area contributed by atoms with E-state index in [4.69, 9.17) is 9.47 Å². The summed E-state index contributed by atoms with van der Waals surface area (Å²) in [6, 6.07) is 5.74. The number of hydrogen-bond acceptors (Lipinski definition) is 4. The summed E-state index contributed by atoms with van der Waals surface area (Å²) in [5, 5.41) is 12.5. The smallest absolute Gasteiger partial charge is 0.344 e. The average Bonchev–Trinajstić information content (AvgIpc) is 2.45. The highest BCUT2D eigenvalue weighted by Gasteiger charge is 2.20.